The van der Waals surface area contributed by atoms with E-state index in [2.05, 4.69) is 11.6 Å². The minimum atomic E-state index is -1.02. The van der Waals surface area contributed by atoms with Crippen LogP contribution >= 0.6 is 0 Å². The van der Waals surface area contributed by atoms with Crippen molar-refractivity contribution < 1.29 is 14.2 Å². The molecule has 0 fully saturated rings. The number of aryl methyl sites for hydroxylation is 1. The first-order chi connectivity index (χ1) is 13.9. The summed E-state index contributed by atoms with van der Waals surface area (Å²) in [6.07, 6.45) is 0.343. The van der Waals surface area contributed by atoms with E-state index in [1.165, 1.54) is 19.3 Å². The van der Waals surface area contributed by atoms with E-state index in [0.717, 1.165) is 16.5 Å². The minimum Gasteiger partial charge on any atom is -0.384 e. The summed E-state index contributed by atoms with van der Waals surface area (Å²) in [6, 6.07) is 4.87. The zero-order valence-electron chi connectivity index (χ0n) is 16.3. The van der Waals surface area contributed by atoms with Crippen molar-refractivity contribution in [2.24, 2.45) is 5.73 Å². The van der Waals surface area contributed by atoms with Gasteiger partial charge in [-0.2, -0.15) is 0 Å². The molecule has 0 spiro atoms. The van der Waals surface area contributed by atoms with Gasteiger partial charge >= 0.3 is 0 Å². The molecule has 7 heteroatoms. The minimum absolute atomic E-state index is 0.0687. The Hall–Kier alpha value is -2.87. The highest BCUT2D eigenvalue weighted by Crippen LogP contribution is 2.37. The molecule has 3 aromatic rings. The first-order valence-corrected chi connectivity index (χ1v) is 9.29. The third kappa shape index (κ3) is 2.90. The maximum Gasteiger partial charge on any atom is 0.257 e. The maximum absolute atomic E-state index is 14.2. The van der Waals surface area contributed by atoms with Gasteiger partial charge in [-0.05, 0) is 35.7 Å². The van der Waals surface area contributed by atoms with Crippen molar-refractivity contribution in [1.29, 1.82) is 0 Å². The summed E-state index contributed by atoms with van der Waals surface area (Å²) >= 11 is 0. The van der Waals surface area contributed by atoms with E-state index < -0.39 is 6.10 Å². The molecule has 2 aromatic heterocycles. The number of halogens is 1. The number of aliphatic hydroxyl groups excluding tert-OH is 1. The smallest absolute Gasteiger partial charge is 0.257 e. The molecular weight excluding hydrogens is 373 g/mol. The molecule has 1 aliphatic heterocycles. The molecule has 3 N–H and O–H groups in total. The van der Waals surface area contributed by atoms with Crippen molar-refractivity contribution in [2.45, 2.75) is 32.7 Å². The van der Waals surface area contributed by atoms with E-state index in [1.54, 1.807) is 23.6 Å². The Balaban J connectivity index is 2.05. The average Bonchev–Trinajstić information content (AvgIpc) is 3.07. The van der Waals surface area contributed by atoms with Gasteiger partial charge in [0.05, 0.1) is 36.2 Å². The summed E-state index contributed by atoms with van der Waals surface area (Å²) in [5.74, 6) is -0.346. The Labute approximate surface area is 167 Å². The van der Waals surface area contributed by atoms with Gasteiger partial charge in [-0.15, -0.1) is 6.58 Å². The summed E-state index contributed by atoms with van der Waals surface area (Å²) in [4.78, 5) is 17.8. The molecule has 4 rings (SSSR count). The van der Waals surface area contributed by atoms with E-state index in [1.807, 2.05) is 0 Å². The van der Waals surface area contributed by atoms with Gasteiger partial charge in [-0.25, -0.2) is 9.37 Å². The Kier molecular flexibility index (Phi) is 4.82. The fourth-order valence-corrected chi connectivity index (χ4v) is 4.01. The van der Waals surface area contributed by atoms with Crippen LogP contribution in [0.5, 0.6) is 0 Å². The Morgan fingerprint density at radius 1 is 1.41 bits per heavy atom. The molecule has 1 aliphatic rings. The summed E-state index contributed by atoms with van der Waals surface area (Å²) in [6.45, 7) is 5.94. The highest BCUT2D eigenvalue weighted by Gasteiger charge is 2.29. The van der Waals surface area contributed by atoms with E-state index in [4.69, 9.17) is 10.5 Å². The van der Waals surface area contributed by atoms with Crippen LogP contribution in [0.25, 0.3) is 22.3 Å². The molecule has 3 heterocycles. The highest BCUT2D eigenvalue weighted by molar-refractivity contribution is 5.88. The lowest BCUT2D eigenvalue weighted by molar-refractivity contribution is 0.175. The highest BCUT2D eigenvalue weighted by atomic mass is 19.1. The number of ether oxygens (including phenoxy) is 1. The second kappa shape index (κ2) is 7.18. The fourth-order valence-electron chi connectivity index (χ4n) is 4.01. The number of nitrogens with two attached hydrogens (primary N) is 1. The number of pyridine rings is 2. The first-order valence-electron chi connectivity index (χ1n) is 9.29. The lowest BCUT2D eigenvalue weighted by atomic mass is 9.98. The van der Waals surface area contributed by atoms with Crippen LogP contribution in [0, 0.1) is 12.7 Å². The SMILES string of the molecule is C=CC(O)c1cc2n(c(=O)c1COC)Cc1c-2nc2cc(F)c(C)cc2c1CN. The molecule has 0 bridgehead atoms. The quantitative estimate of drug-likeness (QED) is 0.507. The van der Waals surface area contributed by atoms with Gasteiger partial charge in [0.1, 0.15) is 5.82 Å². The van der Waals surface area contributed by atoms with Gasteiger partial charge in [0.25, 0.3) is 5.56 Å². The van der Waals surface area contributed by atoms with E-state index in [9.17, 15) is 14.3 Å². The van der Waals surface area contributed by atoms with Crippen LogP contribution in [0.3, 0.4) is 0 Å². The van der Waals surface area contributed by atoms with Crippen molar-refractivity contribution >= 4 is 10.9 Å². The zero-order chi connectivity index (χ0) is 20.9. The Morgan fingerprint density at radius 3 is 2.83 bits per heavy atom. The van der Waals surface area contributed by atoms with Crippen LogP contribution in [0.15, 0.2) is 35.6 Å². The predicted molar refractivity (Wildman–Crippen MR) is 109 cm³/mol. The monoisotopic (exact) mass is 395 g/mol. The topological polar surface area (TPSA) is 90.4 Å². The summed E-state index contributed by atoms with van der Waals surface area (Å²) in [7, 11) is 1.49. The normalized spacial score (nSPS) is 13.4. The summed E-state index contributed by atoms with van der Waals surface area (Å²) < 4.78 is 20.9. The van der Waals surface area contributed by atoms with Crippen molar-refractivity contribution in [3.63, 3.8) is 0 Å². The second-order valence-corrected chi connectivity index (χ2v) is 7.21. The number of fused-ring (bicyclic) bond motifs is 4. The van der Waals surface area contributed by atoms with Crippen LogP contribution in [0.4, 0.5) is 4.39 Å². The largest absolute Gasteiger partial charge is 0.384 e. The second-order valence-electron chi connectivity index (χ2n) is 7.21. The molecule has 0 amide bonds. The van der Waals surface area contributed by atoms with Gasteiger partial charge in [0.15, 0.2) is 0 Å². The molecule has 0 saturated carbocycles. The first kappa shape index (κ1) is 19.4. The summed E-state index contributed by atoms with van der Waals surface area (Å²) in [5, 5.41) is 11.2. The lowest BCUT2D eigenvalue weighted by Crippen LogP contribution is -2.26. The van der Waals surface area contributed by atoms with Gasteiger partial charge in [-0.1, -0.05) is 6.08 Å². The van der Waals surface area contributed by atoms with Crippen molar-refractivity contribution in [3.8, 4) is 11.4 Å². The van der Waals surface area contributed by atoms with E-state index in [0.29, 0.717) is 40.1 Å². The van der Waals surface area contributed by atoms with Crippen LogP contribution in [-0.2, 0) is 24.4 Å². The number of aliphatic hydroxyl groups is 1. The van der Waals surface area contributed by atoms with Crippen molar-refractivity contribution in [3.05, 3.63) is 74.8 Å². The molecule has 1 atom stereocenters. The number of aromatic nitrogens is 2. The molecule has 150 valence electrons. The van der Waals surface area contributed by atoms with Crippen LogP contribution in [0.1, 0.15) is 33.9 Å². The molecule has 6 nitrogen and oxygen atoms in total. The molecular formula is C22H22FN3O3. The number of rotatable bonds is 5. The lowest BCUT2D eigenvalue weighted by Gasteiger charge is -2.15. The molecule has 0 aliphatic carbocycles. The molecule has 1 unspecified atom stereocenters. The van der Waals surface area contributed by atoms with Gasteiger partial charge < -0.3 is 20.1 Å². The van der Waals surface area contributed by atoms with E-state index >= 15 is 0 Å². The van der Waals surface area contributed by atoms with Gasteiger partial charge in [0.2, 0.25) is 0 Å². The summed E-state index contributed by atoms with van der Waals surface area (Å²) in [5.41, 5.74) is 10.4. The number of nitrogens with zero attached hydrogens (tertiary/aromatic N) is 2. The molecule has 0 radical (unpaired) electrons. The average molecular weight is 395 g/mol. The van der Waals surface area contributed by atoms with Crippen molar-refractivity contribution in [2.75, 3.05) is 7.11 Å². The Morgan fingerprint density at radius 2 is 2.17 bits per heavy atom. The Bertz CT molecular complexity index is 1220. The molecule has 29 heavy (non-hydrogen) atoms. The third-order valence-electron chi connectivity index (χ3n) is 5.51. The number of hydrogen-bond acceptors (Lipinski definition) is 5. The molecule has 1 aromatic carbocycles. The predicted octanol–water partition coefficient (Wildman–Crippen LogP) is 2.70. The van der Waals surface area contributed by atoms with E-state index in [-0.39, 0.29) is 24.5 Å². The van der Waals surface area contributed by atoms with Crippen LogP contribution < -0.4 is 11.3 Å². The zero-order valence-corrected chi connectivity index (χ0v) is 16.3. The maximum atomic E-state index is 14.2. The van der Waals surface area contributed by atoms with Crippen molar-refractivity contribution in [1.82, 2.24) is 9.55 Å². The van der Waals surface area contributed by atoms with Crippen LogP contribution in [-0.4, -0.2) is 21.8 Å². The third-order valence-corrected chi connectivity index (χ3v) is 5.51. The fraction of sp³-hybridized carbons (Fsp3) is 0.273. The van der Waals surface area contributed by atoms with Gasteiger partial charge in [0, 0.05) is 36.2 Å². The number of benzene rings is 1. The number of hydrogen-bond donors (Lipinski definition) is 2. The standard InChI is InChI=1S/C22H22FN3O3/c1-4-20(27)13-6-19-21-15(9-26(19)22(28)16(13)10-29-3)14(8-24)12-5-11(2)17(23)7-18(12)25-21/h4-7,20,27H,1,8-10,24H2,2-3H3. The number of methoxy groups -OCH3 is 1. The van der Waals surface area contributed by atoms with Gasteiger partial charge in [-0.3, -0.25) is 4.79 Å². The molecule has 0 saturated heterocycles. The van der Waals surface area contributed by atoms with Crippen LogP contribution in [0.2, 0.25) is 0 Å².